The molecular weight excluding hydrogens is 280 g/mol. The van der Waals surface area contributed by atoms with Crippen LogP contribution in [0.3, 0.4) is 0 Å². The molecule has 21 heavy (non-hydrogen) atoms. The maximum absolute atomic E-state index is 6.24. The number of ether oxygens (including phenoxy) is 1. The van der Waals surface area contributed by atoms with Crippen LogP contribution in [0.2, 0.25) is 5.02 Å². The molecule has 1 aliphatic heterocycles. The van der Waals surface area contributed by atoms with Crippen LogP contribution >= 0.6 is 11.6 Å². The van der Waals surface area contributed by atoms with Crippen molar-refractivity contribution in [2.45, 2.75) is 6.10 Å². The second kappa shape index (κ2) is 4.94. The molecule has 0 spiro atoms. The maximum atomic E-state index is 6.24. The Labute approximate surface area is 128 Å². The van der Waals surface area contributed by atoms with Crippen molar-refractivity contribution < 1.29 is 4.74 Å². The van der Waals surface area contributed by atoms with Crippen molar-refractivity contribution in [3.05, 3.63) is 88.9 Å². The summed E-state index contributed by atoms with van der Waals surface area (Å²) < 4.78 is 6.24. The number of halogens is 1. The molecule has 1 unspecified atom stereocenters. The summed E-state index contributed by atoms with van der Waals surface area (Å²) in [5.41, 5.74) is 4.69. The van der Waals surface area contributed by atoms with E-state index in [1.165, 1.54) is 11.1 Å². The molecule has 2 heteroatoms. The Morgan fingerprint density at radius 1 is 0.714 bits per heavy atom. The summed E-state index contributed by atoms with van der Waals surface area (Å²) in [7, 11) is 0. The van der Waals surface area contributed by atoms with Crippen molar-refractivity contribution in [3.63, 3.8) is 0 Å². The molecule has 0 aromatic heterocycles. The van der Waals surface area contributed by atoms with Crippen LogP contribution in [0.4, 0.5) is 0 Å². The van der Waals surface area contributed by atoms with Crippen LogP contribution < -0.4 is 4.74 Å². The minimum absolute atomic E-state index is 0.0895. The second-order valence-corrected chi connectivity index (χ2v) is 5.57. The van der Waals surface area contributed by atoms with E-state index in [0.717, 1.165) is 21.9 Å². The zero-order valence-electron chi connectivity index (χ0n) is 11.3. The molecule has 1 atom stereocenters. The number of rotatable bonds is 1. The lowest BCUT2D eigenvalue weighted by molar-refractivity contribution is 0.243. The monoisotopic (exact) mass is 292 g/mol. The highest BCUT2D eigenvalue weighted by Gasteiger charge is 2.26. The van der Waals surface area contributed by atoms with Crippen LogP contribution in [0.5, 0.6) is 5.75 Å². The van der Waals surface area contributed by atoms with Gasteiger partial charge in [-0.1, -0.05) is 66.2 Å². The first kappa shape index (κ1) is 12.5. The van der Waals surface area contributed by atoms with Crippen molar-refractivity contribution in [2.24, 2.45) is 0 Å². The third kappa shape index (κ3) is 2.10. The first-order chi connectivity index (χ1) is 10.3. The van der Waals surface area contributed by atoms with E-state index in [-0.39, 0.29) is 6.10 Å². The first-order valence-corrected chi connectivity index (χ1v) is 7.31. The summed E-state index contributed by atoms with van der Waals surface area (Å²) >= 11 is 5.99. The van der Waals surface area contributed by atoms with Gasteiger partial charge in [0.15, 0.2) is 0 Å². The molecule has 0 saturated carbocycles. The molecule has 0 fully saturated rings. The number of benzene rings is 3. The molecule has 0 N–H and O–H groups in total. The minimum Gasteiger partial charge on any atom is -0.480 e. The van der Waals surface area contributed by atoms with Gasteiger partial charge in [0.25, 0.3) is 0 Å². The van der Waals surface area contributed by atoms with Gasteiger partial charge >= 0.3 is 0 Å². The van der Waals surface area contributed by atoms with Gasteiger partial charge in [-0.15, -0.1) is 0 Å². The highest BCUT2D eigenvalue weighted by Crippen LogP contribution is 2.44. The molecule has 0 amide bonds. The lowest BCUT2D eigenvalue weighted by Crippen LogP contribution is -2.15. The molecular formula is C19H13ClO. The largest absolute Gasteiger partial charge is 0.480 e. The Balaban J connectivity index is 1.90. The number of para-hydroxylation sites is 1. The van der Waals surface area contributed by atoms with E-state index in [0.29, 0.717) is 0 Å². The molecule has 1 nitrogen and oxygen atoms in total. The number of fused-ring (bicyclic) bond motifs is 3. The van der Waals surface area contributed by atoms with Crippen molar-refractivity contribution in [1.29, 1.82) is 0 Å². The molecule has 0 radical (unpaired) electrons. The van der Waals surface area contributed by atoms with Crippen LogP contribution in [0.25, 0.3) is 11.1 Å². The second-order valence-electron chi connectivity index (χ2n) is 5.13. The zero-order chi connectivity index (χ0) is 14.2. The Kier molecular flexibility index (Phi) is 2.94. The third-order valence-electron chi connectivity index (χ3n) is 3.84. The van der Waals surface area contributed by atoms with Gasteiger partial charge in [-0.05, 0) is 29.3 Å². The van der Waals surface area contributed by atoms with E-state index >= 15 is 0 Å². The molecule has 3 aromatic rings. The predicted molar refractivity (Wildman–Crippen MR) is 85.8 cm³/mol. The Morgan fingerprint density at radius 2 is 1.38 bits per heavy atom. The molecule has 102 valence electrons. The smallest absolute Gasteiger partial charge is 0.149 e. The van der Waals surface area contributed by atoms with Crippen LogP contribution in [-0.4, -0.2) is 0 Å². The molecule has 0 aliphatic carbocycles. The zero-order valence-corrected chi connectivity index (χ0v) is 12.0. The highest BCUT2D eigenvalue weighted by molar-refractivity contribution is 6.30. The maximum Gasteiger partial charge on any atom is 0.149 e. The minimum atomic E-state index is -0.0895. The van der Waals surface area contributed by atoms with Gasteiger partial charge in [-0.25, -0.2) is 0 Å². The quantitative estimate of drug-likeness (QED) is 0.576. The Hall–Kier alpha value is -2.25. The topological polar surface area (TPSA) is 9.23 Å². The van der Waals surface area contributed by atoms with Crippen LogP contribution in [0.1, 0.15) is 17.2 Å². The normalized spacial score (nSPS) is 15.8. The molecule has 0 saturated heterocycles. The summed E-state index contributed by atoms with van der Waals surface area (Å²) in [6, 6.07) is 24.4. The van der Waals surface area contributed by atoms with Crippen molar-refractivity contribution in [3.8, 4) is 16.9 Å². The fourth-order valence-corrected chi connectivity index (χ4v) is 2.96. The van der Waals surface area contributed by atoms with Crippen molar-refractivity contribution in [1.82, 2.24) is 0 Å². The first-order valence-electron chi connectivity index (χ1n) is 6.93. The SMILES string of the molecule is Clc1ccc(C2Oc3ccccc3-c3ccccc32)cc1. The van der Waals surface area contributed by atoms with Gasteiger partial charge in [0.05, 0.1) is 0 Å². The average molecular weight is 293 g/mol. The number of hydrogen-bond donors (Lipinski definition) is 0. The van der Waals surface area contributed by atoms with E-state index in [1.807, 2.05) is 42.5 Å². The molecule has 4 rings (SSSR count). The third-order valence-corrected chi connectivity index (χ3v) is 4.09. The summed E-state index contributed by atoms with van der Waals surface area (Å²) in [6.45, 7) is 0. The van der Waals surface area contributed by atoms with Gasteiger partial charge in [-0.3, -0.25) is 0 Å². The summed E-state index contributed by atoms with van der Waals surface area (Å²) in [5.74, 6) is 0.927. The van der Waals surface area contributed by atoms with E-state index in [1.54, 1.807) is 0 Å². The van der Waals surface area contributed by atoms with E-state index in [9.17, 15) is 0 Å². The van der Waals surface area contributed by atoms with E-state index in [4.69, 9.17) is 16.3 Å². The molecule has 1 heterocycles. The van der Waals surface area contributed by atoms with Crippen LogP contribution in [-0.2, 0) is 0 Å². The van der Waals surface area contributed by atoms with Crippen LogP contribution in [0.15, 0.2) is 72.8 Å². The Morgan fingerprint density at radius 3 is 2.19 bits per heavy atom. The average Bonchev–Trinajstić information content (AvgIpc) is 2.55. The van der Waals surface area contributed by atoms with Crippen molar-refractivity contribution >= 4 is 11.6 Å². The lowest BCUT2D eigenvalue weighted by atomic mass is 9.90. The van der Waals surface area contributed by atoms with E-state index < -0.39 is 0 Å². The summed E-state index contributed by atoms with van der Waals surface area (Å²) in [6.07, 6.45) is -0.0895. The predicted octanol–water partition coefficient (Wildman–Crippen LogP) is 5.49. The fourth-order valence-electron chi connectivity index (χ4n) is 2.84. The van der Waals surface area contributed by atoms with E-state index in [2.05, 4.69) is 30.3 Å². The lowest BCUT2D eigenvalue weighted by Gasteiger charge is -2.29. The fraction of sp³-hybridized carbons (Fsp3) is 0.0526. The van der Waals surface area contributed by atoms with Crippen molar-refractivity contribution in [2.75, 3.05) is 0 Å². The number of hydrogen-bond acceptors (Lipinski definition) is 1. The molecule has 0 bridgehead atoms. The summed E-state index contributed by atoms with van der Waals surface area (Å²) in [5, 5.41) is 0.739. The van der Waals surface area contributed by atoms with Gasteiger partial charge in [0.2, 0.25) is 0 Å². The van der Waals surface area contributed by atoms with Gasteiger partial charge in [0.1, 0.15) is 11.9 Å². The van der Waals surface area contributed by atoms with Crippen LogP contribution in [0, 0.1) is 0 Å². The summed E-state index contributed by atoms with van der Waals surface area (Å²) in [4.78, 5) is 0. The van der Waals surface area contributed by atoms with Gasteiger partial charge < -0.3 is 4.74 Å². The van der Waals surface area contributed by atoms with Gasteiger partial charge in [0, 0.05) is 16.1 Å². The standard InChI is InChI=1S/C19H13ClO/c20-14-11-9-13(10-12-14)19-17-7-2-1-5-15(17)16-6-3-4-8-18(16)21-19/h1-12,19H. The molecule has 1 aliphatic rings. The molecule has 3 aromatic carbocycles. The Bertz CT molecular complexity index is 793. The highest BCUT2D eigenvalue weighted by atomic mass is 35.5. The van der Waals surface area contributed by atoms with Gasteiger partial charge in [-0.2, -0.15) is 0 Å².